The highest BCUT2D eigenvalue weighted by molar-refractivity contribution is 6.09. The van der Waals surface area contributed by atoms with E-state index >= 15 is 0 Å². The van der Waals surface area contributed by atoms with Gasteiger partial charge in [-0.3, -0.25) is 9.59 Å². The van der Waals surface area contributed by atoms with Gasteiger partial charge >= 0.3 is 0 Å². The molecule has 6 heteroatoms. The minimum Gasteiger partial charge on any atom is -0.497 e. The minimum atomic E-state index is -0.399. The zero-order chi connectivity index (χ0) is 19.1. The maximum absolute atomic E-state index is 12.6. The van der Waals surface area contributed by atoms with Gasteiger partial charge in [0.05, 0.1) is 19.9 Å². The number of benzene rings is 2. The highest BCUT2D eigenvalue weighted by Gasteiger charge is 2.19. The van der Waals surface area contributed by atoms with Gasteiger partial charge in [-0.25, -0.2) is 0 Å². The molecule has 0 aromatic heterocycles. The molecule has 6 nitrogen and oxygen atoms in total. The Bertz CT molecular complexity index is 789. The normalized spacial score (nSPS) is 10.2. The van der Waals surface area contributed by atoms with Crippen molar-refractivity contribution in [1.29, 1.82) is 0 Å². The Kier molecular flexibility index (Phi) is 6.60. The van der Waals surface area contributed by atoms with Crippen molar-refractivity contribution in [3.63, 3.8) is 0 Å². The van der Waals surface area contributed by atoms with Crippen LogP contribution in [0.15, 0.2) is 42.5 Å². The van der Waals surface area contributed by atoms with E-state index in [0.29, 0.717) is 23.7 Å². The lowest BCUT2D eigenvalue weighted by molar-refractivity contribution is -0.125. The van der Waals surface area contributed by atoms with Gasteiger partial charge in [-0.2, -0.15) is 0 Å². The first kappa shape index (κ1) is 19.3. The predicted molar refractivity (Wildman–Crippen MR) is 102 cm³/mol. The van der Waals surface area contributed by atoms with Crippen LogP contribution >= 0.6 is 0 Å². The lowest BCUT2D eigenvalue weighted by Gasteiger charge is -2.21. The average molecular weight is 356 g/mol. The van der Waals surface area contributed by atoms with Crippen molar-refractivity contribution in [1.82, 2.24) is 0 Å². The molecule has 0 aliphatic rings. The van der Waals surface area contributed by atoms with E-state index in [1.165, 1.54) is 7.11 Å². The van der Waals surface area contributed by atoms with Gasteiger partial charge in [0.25, 0.3) is 0 Å². The van der Waals surface area contributed by atoms with Gasteiger partial charge in [-0.15, -0.1) is 0 Å². The molecule has 0 aliphatic carbocycles. The molecule has 0 saturated heterocycles. The SMILES string of the molecule is CCN(C(=O)CC(=O)Nc1ccc(OC)cc1OC)c1cccc(C)c1. The summed E-state index contributed by atoms with van der Waals surface area (Å²) in [5, 5.41) is 2.72. The van der Waals surface area contributed by atoms with E-state index < -0.39 is 5.91 Å². The number of carbonyl (C=O) groups is 2. The first-order valence-corrected chi connectivity index (χ1v) is 8.37. The second kappa shape index (κ2) is 8.89. The summed E-state index contributed by atoms with van der Waals surface area (Å²) in [4.78, 5) is 26.5. The summed E-state index contributed by atoms with van der Waals surface area (Å²) in [6.45, 7) is 4.33. The van der Waals surface area contributed by atoms with Gasteiger partial charge < -0.3 is 19.7 Å². The number of hydrogen-bond acceptors (Lipinski definition) is 4. The molecule has 0 unspecified atom stereocenters. The van der Waals surface area contributed by atoms with Crippen molar-refractivity contribution >= 4 is 23.2 Å². The van der Waals surface area contributed by atoms with Crippen LogP contribution < -0.4 is 19.7 Å². The molecule has 0 atom stereocenters. The topological polar surface area (TPSA) is 67.9 Å². The number of nitrogens with zero attached hydrogens (tertiary/aromatic N) is 1. The lowest BCUT2D eigenvalue weighted by atomic mass is 10.2. The molecule has 2 aromatic carbocycles. The molecule has 0 spiro atoms. The molecular weight excluding hydrogens is 332 g/mol. The summed E-state index contributed by atoms with van der Waals surface area (Å²) in [6, 6.07) is 12.7. The van der Waals surface area contributed by atoms with Crippen LogP contribution in [0.2, 0.25) is 0 Å². The van der Waals surface area contributed by atoms with Gasteiger partial charge in [0, 0.05) is 18.3 Å². The molecular formula is C20H24N2O4. The number of ether oxygens (including phenoxy) is 2. The molecule has 1 N–H and O–H groups in total. The quantitative estimate of drug-likeness (QED) is 0.772. The second-order valence-corrected chi connectivity index (χ2v) is 5.77. The maximum Gasteiger partial charge on any atom is 0.236 e. The first-order chi connectivity index (χ1) is 12.5. The summed E-state index contributed by atoms with van der Waals surface area (Å²) >= 11 is 0. The fraction of sp³-hybridized carbons (Fsp3) is 0.300. The van der Waals surface area contributed by atoms with Crippen molar-refractivity contribution < 1.29 is 19.1 Å². The molecule has 138 valence electrons. The first-order valence-electron chi connectivity index (χ1n) is 8.37. The molecule has 0 bridgehead atoms. The fourth-order valence-electron chi connectivity index (χ4n) is 2.63. The largest absolute Gasteiger partial charge is 0.497 e. The minimum absolute atomic E-state index is 0.253. The lowest BCUT2D eigenvalue weighted by Crippen LogP contribution is -2.33. The van der Waals surface area contributed by atoms with Crippen molar-refractivity contribution in [3.8, 4) is 11.5 Å². The van der Waals surface area contributed by atoms with Crippen LogP contribution in [0.4, 0.5) is 11.4 Å². The molecule has 0 fully saturated rings. The summed E-state index contributed by atoms with van der Waals surface area (Å²) in [5.74, 6) is 0.427. The summed E-state index contributed by atoms with van der Waals surface area (Å²) in [5.41, 5.74) is 2.33. The third kappa shape index (κ3) is 4.75. The number of hydrogen-bond donors (Lipinski definition) is 1. The van der Waals surface area contributed by atoms with E-state index in [9.17, 15) is 9.59 Å². The number of carbonyl (C=O) groups excluding carboxylic acids is 2. The van der Waals surface area contributed by atoms with Gasteiger partial charge in [0.15, 0.2) is 0 Å². The maximum atomic E-state index is 12.6. The van der Waals surface area contributed by atoms with E-state index in [4.69, 9.17) is 9.47 Å². The van der Waals surface area contributed by atoms with E-state index in [1.807, 2.05) is 38.1 Å². The zero-order valence-electron chi connectivity index (χ0n) is 15.5. The van der Waals surface area contributed by atoms with E-state index in [2.05, 4.69) is 5.32 Å². The Morgan fingerprint density at radius 3 is 2.46 bits per heavy atom. The van der Waals surface area contributed by atoms with E-state index in [0.717, 1.165) is 11.3 Å². The van der Waals surface area contributed by atoms with Gasteiger partial charge in [-0.1, -0.05) is 12.1 Å². The molecule has 0 radical (unpaired) electrons. The van der Waals surface area contributed by atoms with Gasteiger partial charge in [0.1, 0.15) is 17.9 Å². The smallest absolute Gasteiger partial charge is 0.236 e. The van der Waals surface area contributed by atoms with Crippen LogP contribution in [0.5, 0.6) is 11.5 Å². The third-order valence-corrected chi connectivity index (χ3v) is 3.93. The number of aryl methyl sites for hydroxylation is 1. The summed E-state index contributed by atoms with van der Waals surface area (Å²) in [7, 11) is 3.06. The Hall–Kier alpha value is -3.02. The number of rotatable bonds is 7. The van der Waals surface area contributed by atoms with Crippen molar-refractivity contribution in [2.45, 2.75) is 20.3 Å². The van der Waals surface area contributed by atoms with Crippen molar-refractivity contribution in [2.75, 3.05) is 31.0 Å². The fourth-order valence-corrected chi connectivity index (χ4v) is 2.63. The number of methoxy groups -OCH3 is 2. The van der Waals surface area contributed by atoms with Crippen LogP contribution in [-0.2, 0) is 9.59 Å². The van der Waals surface area contributed by atoms with Gasteiger partial charge in [-0.05, 0) is 43.7 Å². The van der Waals surface area contributed by atoms with Crippen LogP contribution in [0.3, 0.4) is 0 Å². The zero-order valence-corrected chi connectivity index (χ0v) is 15.5. The van der Waals surface area contributed by atoms with E-state index in [-0.39, 0.29) is 12.3 Å². The molecule has 26 heavy (non-hydrogen) atoms. The standard InChI is InChI=1S/C20H24N2O4/c1-5-22(15-8-6-7-14(2)11-15)20(24)13-19(23)21-17-10-9-16(25-3)12-18(17)26-4/h6-12H,5,13H2,1-4H3,(H,21,23). The number of nitrogens with one attached hydrogen (secondary N) is 1. The highest BCUT2D eigenvalue weighted by atomic mass is 16.5. The molecule has 2 aromatic rings. The summed E-state index contributed by atoms with van der Waals surface area (Å²) < 4.78 is 10.4. The third-order valence-electron chi connectivity index (χ3n) is 3.93. The predicted octanol–water partition coefficient (Wildman–Crippen LogP) is 3.39. The Morgan fingerprint density at radius 2 is 1.85 bits per heavy atom. The van der Waals surface area contributed by atoms with Crippen molar-refractivity contribution in [3.05, 3.63) is 48.0 Å². The average Bonchev–Trinajstić information content (AvgIpc) is 2.62. The Morgan fingerprint density at radius 1 is 1.08 bits per heavy atom. The molecule has 2 amide bonds. The number of amides is 2. The Balaban J connectivity index is 2.08. The van der Waals surface area contributed by atoms with Crippen LogP contribution in [-0.4, -0.2) is 32.6 Å². The molecule has 2 rings (SSSR count). The summed E-state index contributed by atoms with van der Waals surface area (Å²) in [6.07, 6.45) is -0.253. The van der Waals surface area contributed by atoms with Crippen LogP contribution in [0.1, 0.15) is 18.9 Å². The molecule has 0 heterocycles. The Labute approximate surface area is 153 Å². The van der Waals surface area contributed by atoms with E-state index in [1.54, 1.807) is 30.2 Å². The molecule has 0 aliphatic heterocycles. The van der Waals surface area contributed by atoms with Crippen molar-refractivity contribution in [2.24, 2.45) is 0 Å². The molecule has 0 saturated carbocycles. The van der Waals surface area contributed by atoms with Gasteiger partial charge in [0.2, 0.25) is 11.8 Å². The van der Waals surface area contributed by atoms with Crippen LogP contribution in [0.25, 0.3) is 0 Å². The monoisotopic (exact) mass is 356 g/mol. The van der Waals surface area contributed by atoms with Crippen LogP contribution in [0, 0.1) is 6.92 Å². The second-order valence-electron chi connectivity index (χ2n) is 5.77. The number of anilines is 2. The highest BCUT2D eigenvalue weighted by Crippen LogP contribution is 2.29.